The number of nitrogens with one attached hydrogen (secondary N) is 1. The largest absolute Gasteiger partial charge is 0.396 e. The second-order valence-electron chi connectivity index (χ2n) is 4.54. The first-order valence-corrected chi connectivity index (χ1v) is 7.77. The number of aryl methyl sites for hydroxylation is 1. The van der Waals surface area contributed by atoms with Crippen molar-refractivity contribution in [3.05, 3.63) is 35.4 Å². The molecule has 1 aromatic carbocycles. The molecule has 0 aromatic heterocycles. The minimum Gasteiger partial charge on any atom is -0.396 e. The van der Waals surface area contributed by atoms with Crippen molar-refractivity contribution < 1.29 is 13.5 Å². The number of rotatable bonds is 8. The Morgan fingerprint density at radius 3 is 2.74 bits per heavy atom. The Kier molecular flexibility index (Phi) is 6.44. The van der Waals surface area contributed by atoms with Crippen LogP contribution < -0.4 is 4.72 Å². The van der Waals surface area contributed by atoms with E-state index in [1.165, 1.54) is 16.9 Å². The van der Waals surface area contributed by atoms with E-state index < -0.39 is 10.2 Å². The molecule has 108 valence electrons. The molecule has 6 heteroatoms. The van der Waals surface area contributed by atoms with Crippen molar-refractivity contribution in [3.63, 3.8) is 0 Å². The van der Waals surface area contributed by atoms with E-state index >= 15 is 0 Å². The zero-order valence-corrected chi connectivity index (χ0v) is 12.3. The molecule has 0 spiro atoms. The highest BCUT2D eigenvalue weighted by atomic mass is 32.2. The second-order valence-corrected chi connectivity index (χ2v) is 6.40. The fraction of sp³-hybridized carbons (Fsp3) is 0.538. The minimum absolute atomic E-state index is 0.0108. The molecule has 0 atom stereocenters. The van der Waals surface area contributed by atoms with Gasteiger partial charge in [0, 0.05) is 26.7 Å². The molecule has 2 N–H and O–H groups in total. The molecule has 0 aliphatic carbocycles. The topological polar surface area (TPSA) is 69.6 Å². The molecule has 0 saturated carbocycles. The van der Waals surface area contributed by atoms with Gasteiger partial charge >= 0.3 is 0 Å². The molecule has 0 aliphatic heterocycles. The van der Waals surface area contributed by atoms with E-state index in [4.69, 9.17) is 5.11 Å². The zero-order valence-electron chi connectivity index (χ0n) is 11.5. The van der Waals surface area contributed by atoms with Gasteiger partial charge in [-0.05, 0) is 25.3 Å². The van der Waals surface area contributed by atoms with Crippen LogP contribution in [0.4, 0.5) is 0 Å². The molecule has 0 radical (unpaired) electrons. The third-order valence-corrected chi connectivity index (χ3v) is 4.39. The van der Waals surface area contributed by atoms with E-state index in [9.17, 15) is 8.42 Å². The van der Waals surface area contributed by atoms with Gasteiger partial charge in [0.1, 0.15) is 0 Å². The fourth-order valence-electron chi connectivity index (χ4n) is 1.72. The molecule has 0 unspecified atom stereocenters. The van der Waals surface area contributed by atoms with Gasteiger partial charge in [-0.15, -0.1) is 0 Å². The maximum Gasteiger partial charge on any atom is 0.279 e. The third kappa shape index (κ3) is 5.69. The Hall–Kier alpha value is -0.950. The number of nitrogens with zero attached hydrogens (tertiary/aromatic N) is 1. The highest BCUT2D eigenvalue weighted by Gasteiger charge is 2.15. The second kappa shape index (κ2) is 7.59. The van der Waals surface area contributed by atoms with Gasteiger partial charge in [-0.2, -0.15) is 12.7 Å². The maximum atomic E-state index is 11.8. The first-order valence-electron chi connectivity index (χ1n) is 6.33. The monoisotopic (exact) mass is 286 g/mol. The summed E-state index contributed by atoms with van der Waals surface area (Å²) in [4.78, 5) is 0. The van der Waals surface area contributed by atoms with Crippen molar-refractivity contribution in [2.75, 3.05) is 26.7 Å². The van der Waals surface area contributed by atoms with Crippen molar-refractivity contribution in [1.82, 2.24) is 9.03 Å². The molecule has 0 saturated heterocycles. The van der Waals surface area contributed by atoms with E-state index in [1.54, 1.807) is 0 Å². The summed E-state index contributed by atoms with van der Waals surface area (Å²) in [6, 6.07) is 8.00. The summed E-state index contributed by atoms with van der Waals surface area (Å²) in [5, 5.41) is 8.69. The molecule has 1 rings (SSSR count). The number of hydrogen-bond acceptors (Lipinski definition) is 3. The lowest BCUT2D eigenvalue weighted by Gasteiger charge is -2.17. The van der Waals surface area contributed by atoms with Gasteiger partial charge in [-0.3, -0.25) is 0 Å². The van der Waals surface area contributed by atoms with Gasteiger partial charge in [-0.25, -0.2) is 4.72 Å². The normalized spacial score (nSPS) is 12.0. The first-order chi connectivity index (χ1) is 8.95. The molecule has 5 nitrogen and oxygen atoms in total. The average Bonchev–Trinajstić information content (AvgIpc) is 2.35. The predicted octanol–water partition coefficient (Wildman–Crippen LogP) is 0.686. The third-order valence-electron chi connectivity index (χ3n) is 2.82. The van der Waals surface area contributed by atoms with Crippen LogP contribution in [0.5, 0.6) is 0 Å². The van der Waals surface area contributed by atoms with Crippen molar-refractivity contribution >= 4 is 10.2 Å². The summed E-state index contributed by atoms with van der Waals surface area (Å²) in [6.07, 6.45) is 1.10. The number of benzene rings is 1. The Labute approximate surface area is 115 Å². The molecule has 0 amide bonds. The van der Waals surface area contributed by atoms with Crippen LogP contribution in [0.3, 0.4) is 0 Å². The summed E-state index contributed by atoms with van der Waals surface area (Å²) < 4.78 is 27.4. The summed E-state index contributed by atoms with van der Waals surface area (Å²) >= 11 is 0. The Balaban J connectivity index is 2.43. The van der Waals surface area contributed by atoms with Crippen LogP contribution in [0.25, 0.3) is 0 Å². The molecule has 19 heavy (non-hydrogen) atoms. The van der Waals surface area contributed by atoms with Crippen LogP contribution in [-0.2, 0) is 16.6 Å². The lowest BCUT2D eigenvalue weighted by Crippen LogP contribution is -2.39. The van der Waals surface area contributed by atoms with Crippen molar-refractivity contribution in [1.29, 1.82) is 0 Å². The van der Waals surface area contributed by atoms with Crippen LogP contribution in [0.15, 0.2) is 24.3 Å². The summed E-state index contributed by atoms with van der Waals surface area (Å²) in [6.45, 7) is 2.69. The van der Waals surface area contributed by atoms with E-state index in [0.29, 0.717) is 25.9 Å². The van der Waals surface area contributed by atoms with E-state index in [-0.39, 0.29) is 6.61 Å². The molecular formula is C13H22N2O3S. The van der Waals surface area contributed by atoms with Crippen LogP contribution in [0, 0.1) is 6.92 Å². The maximum absolute atomic E-state index is 11.8. The first kappa shape index (κ1) is 16.1. The summed E-state index contributed by atoms with van der Waals surface area (Å²) in [5.41, 5.74) is 2.28. The molecule has 0 fully saturated rings. The van der Waals surface area contributed by atoms with Gasteiger partial charge in [0.05, 0.1) is 0 Å². The van der Waals surface area contributed by atoms with Gasteiger partial charge in [0.15, 0.2) is 0 Å². The zero-order chi connectivity index (χ0) is 14.3. The van der Waals surface area contributed by atoms with Gasteiger partial charge in [0.2, 0.25) is 0 Å². The fourth-order valence-corrected chi connectivity index (χ4v) is 2.67. The number of aliphatic hydroxyl groups excluding tert-OH is 1. The van der Waals surface area contributed by atoms with Gasteiger partial charge in [-0.1, -0.05) is 29.8 Å². The number of hydrogen-bond donors (Lipinski definition) is 2. The standard InChI is InChI=1S/C13H22N2O3S/c1-12-5-3-6-13(11-12)7-8-14-19(17,18)15(2)9-4-10-16/h3,5-6,11,14,16H,4,7-10H2,1-2H3. The van der Waals surface area contributed by atoms with E-state index in [1.807, 2.05) is 31.2 Å². The average molecular weight is 286 g/mol. The Morgan fingerprint density at radius 1 is 1.37 bits per heavy atom. The highest BCUT2D eigenvalue weighted by molar-refractivity contribution is 7.87. The van der Waals surface area contributed by atoms with E-state index in [0.717, 1.165) is 5.56 Å². The van der Waals surface area contributed by atoms with Crippen molar-refractivity contribution in [2.24, 2.45) is 0 Å². The van der Waals surface area contributed by atoms with Crippen LogP contribution in [0.2, 0.25) is 0 Å². The highest BCUT2D eigenvalue weighted by Crippen LogP contribution is 2.04. The minimum atomic E-state index is -3.44. The van der Waals surface area contributed by atoms with Gasteiger partial charge < -0.3 is 5.11 Å². The molecule has 0 bridgehead atoms. The predicted molar refractivity (Wildman–Crippen MR) is 76.1 cm³/mol. The molecule has 1 aromatic rings. The quantitative estimate of drug-likeness (QED) is 0.738. The molecule has 0 heterocycles. The lowest BCUT2D eigenvalue weighted by atomic mass is 10.1. The lowest BCUT2D eigenvalue weighted by molar-refractivity contribution is 0.275. The summed E-state index contributed by atoms with van der Waals surface area (Å²) in [5.74, 6) is 0. The number of aliphatic hydroxyl groups is 1. The SMILES string of the molecule is Cc1cccc(CCNS(=O)(=O)N(C)CCCO)c1. The van der Waals surface area contributed by atoms with Crippen LogP contribution >= 0.6 is 0 Å². The Bertz CT molecular complexity index is 488. The van der Waals surface area contributed by atoms with Crippen molar-refractivity contribution in [2.45, 2.75) is 19.8 Å². The smallest absolute Gasteiger partial charge is 0.279 e. The molecular weight excluding hydrogens is 264 g/mol. The Morgan fingerprint density at radius 2 is 2.11 bits per heavy atom. The van der Waals surface area contributed by atoms with E-state index in [2.05, 4.69) is 4.72 Å². The summed E-state index contributed by atoms with van der Waals surface area (Å²) in [7, 11) is -1.94. The molecule has 0 aliphatic rings. The van der Waals surface area contributed by atoms with Gasteiger partial charge in [0.25, 0.3) is 10.2 Å². The van der Waals surface area contributed by atoms with Crippen molar-refractivity contribution in [3.8, 4) is 0 Å². The van der Waals surface area contributed by atoms with Crippen LogP contribution in [0.1, 0.15) is 17.5 Å². The van der Waals surface area contributed by atoms with Crippen LogP contribution in [-0.4, -0.2) is 44.6 Å².